The Bertz CT molecular complexity index is 282. The lowest BCUT2D eigenvalue weighted by Gasteiger charge is -2.03. The summed E-state index contributed by atoms with van der Waals surface area (Å²) in [6.07, 6.45) is 0. The summed E-state index contributed by atoms with van der Waals surface area (Å²) in [5, 5.41) is 0. The van der Waals surface area contributed by atoms with Crippen molar-refractivity contribution < 1.29 is 9.53 Å². The zero-order valence-electron chi connectivity index (χ0n) is 7.55. The molecule has 1 aromatic rings. The first kappa shape index (κ1) is 8.78. The predicted octanol–water partition coefficient (Wildman–Crippen LogP) is 2.23. The zero-order chi connectivity index (χ0) is 9.14. The molecule has 1 rings (SSSR count). The number of hydrogen-bond donors (Lipinski definition) is 0. The van der Waals surface area contributed by atoms with Gasteiger partial charge >= 0.3 is 5.97 Å². The van der Waals surface area contributed by atoms with E-state index in [2.05, 4.69) is 0 Å². The molecule has 0 unspecified atom stereocenters. The minimum absolute atomic E-state index is 0.278. The molecule has 0 aliphatic heterocycles. The van der Waals surface area contributed by atoms with E-state index in [0.29, 0.717) is 5.75 Å². The van der Waals surface area contributed by atoms with Crippen molar-refractivity contribution in [3.05, 3.63) is 29.3 Å². The van der Waals surface area contributed by atoms with Crippen LogP contribution in [0, 0.1) is 13.8 Å². The van der Waals surface area contributed by atoms with Gasteiger partial charge in [0.1, 0.15) is 5.75 Å². The highest BCUT2D eigenvalue weighted by molar-refractivity contribution is 5.69. The maximum Gasteiger partial charge on any atom is 0.308 e. The number of ether oxygens (including phenoxy) is 1. The van der Waals surface area contributed by atoms with Gasteiger partial charge in [0.05, 0.1) is 0 Å². The van der Waals surface area contributed by atoms with E-state index < -0.39 is 0 Å². The Hall–Kier alpha value is -1.31. The van der Waals surface area contributed by atoms with Crippen LogP contribution in [0.1, 0.15) is 18.1 Å². The summed E-state index contributed by atoms with van der Waals surface area (Å²) in [5.74, 6) is 0.347. The fourth-order valence-electron chi connectivity index (χ4n) is 1.16. The molecule has 0 N–H and O–H groups in total. The second-order valence-electron chi connectivity index (χ2n) is 2.92. The molecule has 0 saturated heterocycles. The van der Waals surface area contributed by atoms with Crippen molar-refractivity contribution in [1.82, 2.24) is 0 Å². The topological polar surface area (TPSA) is 26.3 Å². The minimum Gasteiger partial charge on any atom is -0.427 e. The van der Waals surface area contributed by atoms with Gasteiger partial charge in [0.2, 0.25) is 0 Å². The number of benzene rings is 1. The van der Waals surface area contributed by atoms with E-state index in [1.807, 2.05) is 32.0 Å². The van der Waals surface area contributed by atoms with Gasteiger partial charge in [-0.05, 0) is 37.1 Å². The van der Waals surface area contributed by atoms with Crippen molar-refractivity contribution in [2.45, 2.75) is 20.8 Å². The smallest absolute Gasteiger partial charge is 0.308 e. The summed E-state index contributed by atoms with van der Waals surface area (Å²) in [5.41, 5.74) is 2.21. The third-order valence-electron chi connectivity index (χ3n) is 1.46. The normalized spacial score (nSPS) is 9.58. The molecular weight excluding hydrogens is 152 g/mol. The third-order valence-corrected chi connectivity index (χ3v) is 1.46. The van der Waals surface area contributed by atoms with Crippen LogP contribution in [0.5, 0.6) is 5.75 Å². The molecule has 0 amide bonds. The van der Waals surface area contributed by atoms with Crippen LogP contribution in [-0.2, 0) is 4.79 Å². The Morgan fingerprint density at radius 3 is 2.08 bits per heavy atom. The van der Waals surface area contributed by atoms with Gasteiger partial charge in [-0.2, -0.15) is 0 Å². The number of hydrogen-bond acceptors (Lipinski definition) is 2. The molecule has 0 aromatic heterocycles. The van der Waals surface area contributed by atoms with Gasteiger partial charge in [-0.15, -0.1) is 0 Å². The van der Waals surface area contributed by atoms with Crippen LogP contribution < -0.4 is 4.74 Å². The molecule has 0 bridgehead atoms. The molecule has 0 radical (unpaired) electrons. The lowest BCUT2D eigenvalue weighted by atomic mass is 10.1. The van der Waals surface area contributed by atoms with Crippen molar-refractivity contribution in [3.63, 3.8) is 0 Å². The number of carbonyl (C=O) groups excluding carboxylic acids is 1. The summed E-state index contributed by atoms with van der Waals surface area (Å²) >= 11 is 0. The monoisotopic (exact) mass is 164 g/mol. The molecule has 12 heavy (non-hydrogen) atoms. The molecule has 0 heterocycles. The van der Waals surface area contributed by atoms with Crippen molar-refractivity contribution in [1.29, 1.82) is 0 Å². The standard InChI is InChI=1S/C10H12O2/c1-7-4-8(2)6-10(5-7)12-9(3)11/h4-6H,1-3H3. The summed E-state index contributed by atoms with van der Waals surface area (Å²) in [4.78, 5) is 10.6. The molecular formula is C10H12O2. The van der Waals surface area contributed by atoms with E-state index in [1.165, 1.54) is 6.92 Å². The zero-order valence-corrected chi connectivity index (χ0v) is 7.55. The first-order valence-electron chi connectivity index (χ1n) is 3.84. The van der Waals surface area contributed by atoms with E-state index in [4.69, 9.17) is 4.74 Å². The van der Waals surface area contributed by atoms with Crippen LogP contribution in [0.3, 0.4) is 0 Å². The van der Waals surface area contributed by atoms with E-state index >= 15 is 0 Å². The molecule has 0 aliphatic rings. The first-order chi connectivity index (χ1) is 5.58. The lowest BCUT2D eigenvalue weighted by Crippen LogP contribution is -2.01. The average Bonchev–Trinajstić information content (AvgIpc) is 1.81. The molecule has 2 nitrogen and oxygen atoms in total. The predicted molar refractivity (Wildman–Crippen MR) is 47.2 cm³/mol. The highest BCUT2D eigenvalue weighted by Crippen LogP contribution is 2.15. The Balaban J connectivity index is 2.93. The van der Waals surface area contributed by atoms with Crippen LogP contribution in [0.15, 0.2) is 18.2 Å². The van der Waals surface area contributed by atoms with Crippen LogP contribution in [0.4, 0.5) is 0 Å². The van der Waals surface area contributed by atoms with Crippen LogP contribution in [-0.4, -0.2) is 5.97 Å². The fraction of sp³-hybridized carbons (Fsp3) is 0.300. The van der Waals surface area contributed by atoms with Gasteiger partial charge in [-0.1, -0.05) is 6.07 Å². The summed E-state index contributed by atoms with van der Waals surface area (Å²) in [6, 6.07) is 5.72. The van der Waals surface area contributed by atoms with Gasteiger partial charge in [0.25, 0.3) is 0 Å². The lowest BCUT2D eigenvalue weighted by molar-refractivity contribution is -0.131. The van der Waals surface area contributed by atoms with Crippen molar-refractivity contribution in [3.8, 4) is 5.75 Å². The van der Waals surface area contributed by atoms with Crippen LogP contribution in [0.2, 0.25) is 0 Å². The van der Waals surface area contributed by atoms with Gasteiger partial charge in [0.15, 0.2) is 0 Å². The Labute approximate surface area is 72.2 Å². The molecule has 0 fully saturated rings. The molecule has 1 aromatic carbocycles. The molecule has 2 heteroatoms. The minimum atomic E-state index is -0.278. The summed E-state index contributed by atoms with van der Waals surface area (Å²) < 4.78 is 4.94. The van der Waals surface area contributed by atoms with Crippen molar-refractivity contribution in [2.24, 2.45) is 0 Å². The third kappa shape index (κ3) is 2.38. The highest BCUT2D eigenvalue weighted by Gasteiger charge is 1.98. The van der Waals surface area contributed by atoms with Gasteiger partial charge in [0, 0.05) is 6.92 Å². The number of carbonyl (C=O) groups is 1. The number of esters is 1. The maximum absolute atomic E-state index is 10.6. The fourth-order valence-corrected chi connectivity index (χ4v) is 1.16. The van der Waals surface area contributed by atoms with Crippen LogP contribution >= 0.6 is 0 Å². The molecule has 0 aliphatic carbocycles. The van der Waals surface area contributed by atoms with Gasteiger partial charge in [-0.3, -0.25) is 4.79 Å². The van der Waals surface area contributed by atoms with Crippen molar-refractivity contribution in [2.75, 3.05) is 0 Å². The summed E-state index contributed by atoms with van der Waals surface area (Å²) in [7, 11) is 0. The van der Waals surface area contributed by atoms with Gasteiger partial charge < -0.3 is 4.74 Å². The van der Waals surface area contributed by atoms with E-state index in [9.17, 15) is 4.79 Å². The van der Waals surface area contributed by atoms with Crippen molar-refractivity contribution >= 4 is 5.97 Å². The molecule has 0 saturated carbocycles. The second kappa shape index (κ2) is 3.39. The SMILES string of the molecule is CC(=O)Oc1cc(C)cc(C)c1. The largest absolute Gasteiger partial charge is 0.427 e. The average molecular weight is 164 g/mol. The quantitative estimate of drug-likeness (QED) is 0.470. The number of rotatable bonds is 1. The highest BCUT2D eigenvalue weighted by atomic mass is 16.5. The van der Waals surface area contributed by atoms with Crippen LogP contribution in [0.25, 0.3) is 0 Å². The van der Waals surface area contributed by atoms with Gasteiger partial charge in [-0.25, -0.2) is 0 Å². The molecule has 0 atom stereocenters. The first-order valence-corrected chi connectivity index (χ1v) is 3.84. The Kier molecular flexibility index (Phi) is 2.48. The Morgan fingerprint density at radius 1 is 1.17 bits per heavy atom. The van der Waals surface area contributed by atoms with E-state index in [-0.39, 0.29) is 5.97 Å². The molecule has 0 spiro atoms. The maximum atomic E-state index is 10.6. The summed E-state index contributed by atoms with van der Waals surface area (Å²) in [6.45, 7) is 5.34. The number of aryl methyl sites for hydroxylation is 2. The van der Waals surface area contributed by atoms with E-state index in [1.54, 1.807) is 0 Å². The van der Waals surface area contributed by atoms with E-state index in [0.717, 1.165) is 11.1 Å². The Morgan fingerprint density at radius 2 is 1.67 bits per heavy atom. The molecule has 64 valence electrons. The second-order valence-corrected chi connectivity index (χ2v) is 2.92.